The van der Waals surface area contributed by atoms with Gasteiger partial charge in [0.15, 0.2) is 11.0 Å². The van der Waals surface area contributed by atoms with Gasteiger partial charge in [0.2, 0.25) is 5.91 Å². The van der Waals surface area contributed by atoms with E-state index < -0.39 is 17.8 Å². The number of hydrogen-bond donors (Lipinski definition) is 1. The van der Waals surface area contributed by atoms with Crippen LogP contribution >= 0.6 is 34.7 Å². The molecule has 1 amide bonds. The number of thioether (sulfide) groups is 1. The first-order valence-electron chi connectivity index (χ1n) is 10.2. The number of amides is 1. The normalized spacial score (nSPS) is 10.7. The molecule has 1 N–H and O–H groups in total. The van der Waals surface area contributed by atoms with Crippen molar-refractivity contribution >= 4 is 57.5 Å². The van der Waals surface area contributed by atoms with Crippen LogP contribution in [0.15, 0.2) is 23.4 Å². The molecule has 0 atom stereocenters. The number of rotatable bonds is 9. The zero-order valence-electron chi connectivity index (χ0n) is 19.6. The number of aromatic nitrogens is 3. The topological polar surface area (TPSA) is 122 Å². The standard InChI is InChI=1S/C22H23ClN4O6S2/c1-6-27-18(13-9-12(23)7-8-14(13)31-3)25-26-22(27)34-10-15(28)24-19-16(20(29)32-4)11(2)17(35-19)21(30)33-5/h7-9H,6,10H2,1-5H3,(H,24,28). The van der Waals surface area contributed by atoms with Crippen molar-refractivity contribution in [3.05, 3.63) is 39.2 Å². The van der Waals surface area contributed by atoms with Crippen molar-refractivity contribution in [2.45, 2.75) is 25.5 Å². The Balaban J connectivity index is 1.81. The van der Waals surface area contributed by atoms with Crippen LogP contribution in [0.3, 0.4) is 0 Å². The lowest BCUT2D eigenvalue weighted by Crippen LogP contribution is -2.16. The van der Waals surface area contributed by atoms with Gasteiger partial charge in [-0.3, -0.25) is 4.79 Å². The number of nitrogens with one attached hydrogen (secondary N) is 1. The molecule has 3 aromatic rings. The van der Waals surface area contributed by atoms with Crippen LogP contribution in [0.25, 0.3) is 11.4 Å². The molecule has 2 aromatic heterocycles. The molecule has 1 aromatic carbocycles. The molecule has 35 heavy (non-hydrogen) atoms. The SMILES string of the molecule is CCn1c(SCC(=O)Nc2sc(C(=O)OC)c(C)c2C(=O)OC)nnc1-c1cc(Cl)ccc1OC. The van der Waals surface area contributed by atoms with Crippen LogP contribution < -0.4 is 10.1 Å². The zero-order chi connectivity index (χ0) is 25.7. The van der Waals surface area contributed by atoms with Gasteiger partial charge in [0.25, 0.3) is 0 Å². The number of methoxy groups -OCH3 is 3. The Morgan fingerprint density at radius 3 is 2.49 bits per heavy atom. The van der Waals surface area contributed by atoms with Crippen LogP contribution in [0.1, 0.15) is 32.5 Å². The highest BCUT2D eigenvalue weighted by atomic mass is 35.5. The lowest BCUT2D eigenvalue weighted by Gasteiger charge is -2.11. The van der Waals surface area contributed by atoms with E-state index in [0.717, 1.165) is 11.3 Å². The van der Waals surface area contributed by atoms with E-state index in [1.807, 2.05) is 11.5 Å². The summed E-state index contributed by atoms with van der Waals surface area (Å²) in [5.41, 5.74) is 1.17. The minimum Gasteiger partial charge on any atom is -0.496 e. The number of anilines is 1. The first-order valence-corrected chi connectivity index (χ1v) is 12.4. The Kier molecular flexibility index (Phi) is 8.76. The minimum absolute atomic E-state index is 0.0179. The lowest BCUT2D eigenvalue weighted by atomic mass is 10.1. The molecular formula is C22H23ClN4O6S2. The van der Waals surface area contributed by atoms with E-state index >= 15 is 0 Å². The van der Waals surface area contributed by atoms with Crippen molar-refractivity contribution in [1.82, 2.24) is 14.8 Å². The zero-order valence-corrected chi connectivity index (χ0v) is 22.0. The molecule has 0 saturated carbocycles. The van der Waals surface area contributed by atoms with Crippen LogP contribution in [-0.2, 0) is 20.8 Å². The highest BCUT2D eigenvalue weighted by molar-refractivity contribution is 7.99. The fourth-order valence-electron chi connectivity index (χ4n) is 3.26. The van der Waals surface area contributed by atoms with Crippen LogP contribution in [0.2, 0.25) is 5.02 Å². The van der Waals surface area contributed by atoms with Crippen molar-refractivity contribution < 1.29 is 28.6 Å². The molecule has 3 rings (SSSR count). The molecule has 0 bridgehead atoms. The largest absolute Gasteiger partial charge is 0.496 e. The summed E-state index contributed by atoms with van der Waals surface area (Å²) in [6.07, 6.45) is 0. The molecule has 0 spiro atoms. The van der Waals surface area contributed by atoms with Gasteiger partial charge in [0.1, 0.15) is 15.6 Å². The number of carbonyl (C=O) groups excluding carboxylic acids is 3. The van der Waals surface area contributed by atoms with Gasteiger partial charge >= 0.3 is 11.9 Å². The average Bonchev–Trinajstić information content (AvgIpc) is 3.41. The van der Waals surface area contributed by atoms with Crippen LogP contribution in [0, 0.1) is 6.92 Å². The van der Waals surface area contributed by atoms with Gasteiger partial charge in [0, 0.05) is 11.6 Å². The minimum atomic E-state index is -0.664. The maximum absolute atomic E-state index is 12.7. The van der Waals surface area contributed by atoms with Gasteiger partial charge in [-0.2, -0.15) is 0 Å². The summed E-state index contributed by atoms with van der Waals surface area (Å²) in [5, 5.41) is 12.4. The van der Waals surface area contributed by atoms with Crippen molar-refractivity contribution in [2.75, 3.05) is 32.4 Å². The molecule has 0 fully saturated rings. The highest BCUT2D eigenvalue weighted by Gasteiger charge is 2.27. The first-order chi connectivity index (χ1) is 16.7. The van der Waals surface area contributed by atoms with E-state index in [-0.39, 0.29) is 21.2 Å². The summed E-state index contributed by atoms with van der Waals surface area (Å²) in [6, 6.07) is 5.21. The van der Waals surface area contributed by atoms with E-state index in [0.29, 0.717) is 39.4 Å². The number of halogens is 1. The van der Waals surface area contributed by atoms with Crippen LogP contribution in [0.5, 0.6) is 5.75 Å². The number of esters is 2. The molecule has 0 radical (unpaired) electrons. The summed E-state index contributed by atoms with van der Waals surface area (Å²) in [6.45, 7) is 4.06. The second-order valence-corrected chi connectivity index (χ2v) is 9.37. The van der Waals surface area contributed by atoms with Crippen molar-refractivity contribution in [1.29, 1.82) is 0 Å². The average molecular weight is 539 g/mol. The van der Waals surface area contributed by atoms with Crippen LogP contribution in [-0.4, -0.2) is 59.7 Å². The number of thiophene rings is 1. The van der Waals surface area contributed by atoms with Gasteiger partial charge in [-0.25, -0.2) is 9.59 Å². The second-order valence-electron chi connectivity index (χ2n) is 6.98. The molecule has 0 aliphatic carbocycles. The van der Waals surface area contributed by atoms with E-state index in [2.05, 4.69) is 15.5 Å². The summed E-state index contributed by atoms with van der Waals surface area (Å²) in [4.78, 5) is 37.3. The van der Waals surface area contributed by atoms with Crippen molar-refractivity contribution in [3.63, 3.8) is 0 Å². The maximum atomic E-state index is 12.7. The van der Waals surface area contributed by atoms with E-state index in [1.54, 1.807) is 32.2 Å². The van der Waals surface area contributed by atoms with Gasteiger partial charge in [-0.15, -0.1) is 21.5 Å². The van der Waals surface area contributed by atoms with Crippen LogP contribution in [0.4, 0.5) is 5.00 Å². The Bertz CT molecular complexity index is 1270. The monoisotopic (exact) mass is 538 g/mol. The molecule has 2 heterocycles. The number of carbonyl (C=O) groups is 3. The fraction of sp³-hybridized carbons (Fsp3) is 0.318. The third-order valence-electron chi connectivity index (χ3n) is 4.93. The molecule has 186 valence electrons. The molecule has 0 aliphatic heterocycles. The predicted molar refractivity (Wildman–Crippen MR) is 134 cm³/mol. The number of nitrogens with zero attached hydrogens (tertiary/aromatic N) is 3. The summed E-state index contributed by atoms with van der Waals surface area (Å²) in [7, 11) is 4.02. The maximum Gasteiger partial charge on any atom is 0.348 e. The fourth-order valence-corrected chi connectivity index (χ4v) is 5.37. The molecule has 0 saturated heterocycles. The highest BCUT2D eigenvalue weighted by Crippen LogP contribution is 2.35. The summed E-state index contributed by atoms with van der Waals surface area (Å²) in [5.74, 6) is -0.536. The number of benzene rings is 1. The first kappa shape index (κ1) is 26.5. The second kappa shape index (κ2) is 11.6. The molecule has 13 heteroatoms. The third kappa shape index (κ3) is 5.60. The summed E-state index contributed by atoms with van der Waals surface area (Å²) < 4.78 is 16.8. The Morgan fingerprint density at radius 1 is 1.14 bits per heavy atom. The molecule has 10 nitrogen and oxygen atoms in total. The van der Waals surface area contributed by atoms with E-state index in [1.165, 1.54) is 26.0 Å². The smallest absolute Gasteiger partial charge is 0.348 e. The van der Waals surface area contributed by atoms with Gasteiger partial charge in [-0.05, 0) is 37.6 Å². The van der Waals surface area contributed by atoms with Gasteiger partial charge in [0.05, 0.1) is 38.2 Å². The molecule has 0 unspecified atom stereocenters. The number of hydrogen-bond acceptors (Lipinski definition) is 10. The quantitative estimate of drug-likeness (QED) is 0.314. The van der Waals surface area contributed by atoms with Gasteiger partial charge < -0.3 is 24.1 Å². The lowest BCUT2D eigenvalue weighted by molar-refractivity contribution is -0.113. The van der Waals surface area contributed by atoms with E-state index in [4.69, 9.17) is 25.8 Å². The number of ether oxygens (including phenoxy) is 3. The Labute approximate surface area is 214 Å². The van der Waals surface area contributed by atoms with E-state index in [9.17, 15) is 14.4 Å². The van der Waals surface area contributed by atoms with Crippen molar-refractivity contribution in [2.24, 2.45) is 0 Å². The molecule has 0 aliphatic rings. The van der Waals surface area contributed by atoms with Crippen molar-refractivity contribution in [3.8, 4) is 17.1 Å². The van der Waals surface area contributed by atoms with Gasteiger partial charge in [-0.1, -0.05) is 23.4 Å². The molecular weight excluding hydrogens is 516 g/mol. The summed E-state index contributed by atoms with van der Waals surface area (Å²) >= 11 is 8.29. The third-order valence-corrected chi connectivity index (χ3v) is 7.32. The Hall–Kier alpha value is -3.09. The Morgan fingerprint density at radius 2 is 1.86 bits per heavy atom. The predicted octanol–water partition coefficient (Wildman–Crippen LogP) is 4.30.